The van der Waals surface area contributed by atoms with Crippen molar-refractivity contribution in [3.05, 3.63) is 64.7 Å². The molecular formula is C17H14ClNO2S. The van der Waals surface area contributed by atoms with Crippen molar-refractivity contribution in [1.29, 1.82) is 0 Å². The van der Waals surface area contributed by atoms with Crippen molar-refractivity contribution in [3.8, 4) is 0 Å². The molecule has 112 valence electrons. The van der Waals surface area contributed by atoms with Gasteiger partial charge in [0.2, 0.25) is 0 Å². The highest BCUT2D eigenvalue weighted by Crippen LogP contribution is 2.25. The van der Waals surface area contributed by atoms with Gasteiger partial charge in [-0.25, -0.2) is 0 Å². The Bertz CT molecular complexity index is 697. The van der Waals surface area contributed by atoms with Crippen molar-refractivity contribution in [2.75, 3.05) is 12.3 Å². The number of hydrogen-bond acceptors (Lipinski definition) is 3. The number of carbonyl (C=O) groups is 2. The molecule has 0 unspecified atom stereocenters. The highest BCUT2D eigenvalue weighted by Gasteiger charge is 2.34. The molecule has 1 heterocycles. The molecule has 0 atom stereocenters. The van der Waals surface area contributed by atoms with Gasteiger partial charge >= 0.3 is 0 Å². The second-order valence-corrected chi connectivity index (χ2v) is 6.57. The first kappa shape index (κ1) is 15.1. The average Bonchev–Trinajstić information content (AvgIpc) is 2.77. The van der Waals surface area contributed by atoms with Crippen molar-refractivity contribution >= 4 is 35.2 Å². The second kappa shape index (κ2) is 6.55. The molecule has 2 aromatic carbocycles. The predicted octanol–water partition coefficient (Wildman–Crippen LogP) is 4.12. The molecule has 3 nitrogen and oxygen atoms in total. The monoisotopic (exact) mass is 331 g/mol. The Labute approximate surface area is 138 Å². The van der Waals surface area contributed by atoms with E-state index in [0.717, 1.165) is 17.1 Å². The molecule has 0 aliphatic carbocycles. The summed E-state index contributed by atoms with van der Waals surface area (Å²) in [4.78, 5) is 26.8. The van der Waals surface area contributed by atoms with Crippen LogP contribution in [0.4, 0.5) is 0 Å². The number of halogens is 1. The molecule has 0 fully saturated rings. The third-order valence-electron chi connectivity index (χ3n) is 3.47. The van der Waals surface area contributed by atoms with Crippen LogP contribution in [0.25, 0.3) is 0 Å². The summed E-state index contributed by atoms with van der Waals surface area (Å²) in [7, 11) is 0. The lowest BCUT2D eigenvalue weighted by molar-refractivity contribution is 0.0655. The normalized spacial score (nSPS) is 13.6. The van der Waals surface area contributed by atoms with Crippen LogP contribution in [0.1, 0.15) is 27.1 Å². The number of thioether (sulfide) groups is 1. The summed E-state index contributed by atoms with van der Waals surface area (Å²) in [6.45, 7) is 0.444. The number of benzene rings is 2. The SMILES string of the molecule is O=C1c2ccccc2C(=O)N1CCCSc1cccc(Cl)c1. The number of amides is 2. The van der Waals surface area contributed by atoms with Crippen LogP contribution in [0.3, 0.4) is 0 Å². The third kappa shape index (κ3) is 3.03. The van der Waals surface area contributed by atoms with Gasteiger partial charge in [-0.3, -0.25) is 14.5 Å². The van der Waals surface area contributed by atoms with Crippen LogP contribution in [0.15, 0.2) is 53.4 Å². The quantitative estimate of drug-likeness (QED) is 0.470. The van der Waals surface area contributed by atoms with Crippen LogP contribution >= 0.6 is 23.4 Å². The van der Waals surface area contributed by atoms with Gasteiger partial charge < -0.3 is 0 Å². The highest BCUT2D eigenvalue weighted by atomic mass is 35.5. The van der Waals surface area contributed by atoms with Gasteiger partial charge in [0.25, 0.3) is 11.8 Å². The van der Waals surface area contributed by atoms with Crippen molar-refractivity contribution in [2.24, 2.45) is 0 Å². The van der Waals surface area contributed by atoms with Crippen LogP contribution in [-0.4, -0.2) is 29.0 Å². The molecule has 0 spiro atoms. The lowest BCUT2D eigenvalue weighted by Gasteiger charge is -2.13. The van der Waals surface area contributed by atoms with Crippen LogP contribution < -0.4 is 0 Å². The number of nitrogens with zero attached hydrogens (tertiary/aromatic N) is 1. The van der Waals surface area contributed by atoms with Crippen molar-refractivity contribution in [1.82, 2.24) is 4.90 Å². The molecule has 0 radical (unpaired) electrons. The van der Waals surface area contributed by atoms with Crippen LogP contribution in [-0.2, 0) is 0 Å². The maximum absolute atomic E-state index is 12.2. The predicted molar refractivity (Wildman–Crippen MR) is 88.6 cm³/mol. The Morgan fingerprint density at radius 1 is 0.955 bits per heavy atom. The van der Waals surface area contributed by atoms with E-state index in [2.05, 4.69) is 0 Å². The van der Waals surface area contributed by atoms with E-state index in [1.807, 2.05) is 24.3 Å². The van der Waals surface area contributed by atoms with Gasteiger partial charge in [0.05, 0.1) is 11.1 Å². The fourth-order valence-electron chi connectivity index (χ4n) is 2.41. The van der Waals surface area contributed by atoms with E-state index in [9.17, 15) is 9.59 Å². The van der Waals surface area contributed by atoms with Crippen molar-refractivity contribution in [3.63, 3.8) is 0 Å². The molecule has 22 heavy (non-hydrogen) atoms. The van der Waals surface area contributed by atoms with E-state index in [0.29, 0.717) is 22.7 Å². The molecule has 0 aromatic heterocycles. The maximum Gasteiger partial charge on any atom is 0.261 e. The molecule has 0 saturated heterocycles. The smallest absolute Gasteiger partial charge is 0.261 e. The minimum absolute atomic E-state index is 0.187. The summed E-state index contributed by atoms with van der Waals surface area (Å²) in [5.74, 6) is 0.454. The van der Waals surface area contributed by atoms with E-state index in [-0.39, 0.29) is 11.8 Å². The molecule has 0 bridgehead atoms. The Balaban J connectivity index is 1.55. The van der Waals surface area contributed by atoms with Gasteiger partial charge in [0.15, 0.2) is 0 Å². The second-order valence-electron chi connectivity index (χ2n) is 4.97. The third-order valence-corrected chi connectivity index (χ3v) is 4.78. The van der Waals surface area contributed by atoms with Crippen molar-refractivity contribution in [2.45, 2.75) is 11.3 Å². The van der Waals surface area contributed by atoms with E-state index >= 15 is 0 Å². The van der Waals surface area contributed by atoms with Gasteiger partial charge in [-0.1, -0.05) is 29.8 Å². The standard InChI is InChI=1S/C17H14ClNO2S/c18-12-5-3-6-13(11-12)22-10-4-9-19-16(20)14-7-1-2-8-15(14)17(19)21/h1-3,5-8,11H,4,9-10H2. The molecule has 0 saturated carbocycles. The summed E-state index contributed by atoms with van der Waals surface area (Å²) in [5.41, 5.74) is 1.02. The minimum atomic E-state index is -0.187. The first-order chi connectivity index (χ1) is 10.7. The Hall–Kier alpha value is -1.78. The molecule has 1 aliphatic rings. The molecule has 1 aliphatic heterocycles. The molecule has 2 aromatic rings. The van der Waals surface area contributed by atoms with Gasteiger partial charge in [-0.05, 0) is 42.5 Å². The molecule has 0 N–H and O–H groups in total. The van der Waals surface area contributed by atoms with Gasteiger partial charge in [0.1, 0.15) is 0 Å². The molecule has 5 heteroatoms. The number of hydrogen-bond donors (Lipinski definition) is 0. The van der Waals surface area contributed by atoms with Crippen LogP contribution in [0.5, 0.6) is 0 Å². The topological polar surface area (TPSA) is 37.4 Å². The summed E-state index contributed by atoms with van der Waals surface area (Å²) in [5, 5.41) is 0.713. The summed E-state index contributed by atoms with van der Waals surface area (Å²) in [6.07, 6.45) is 0.753. The minimum Gasteiger partial charge on any atom is -0.274 e. The number of fused-ring (bicyclic) bond motifs is 1. The molecular weight excluding hydrogens is 318 g/mol. The Morgan fingerprint density at radius 3 is 2.27 bits per heavy atom. The van der Waals surface area contributed by atoms with E-state index in [1.54, 1.807) is 36.0 Å². The summed E-state index contributed by atoms with van der Waals surface area (Å²) in [6, 6.07) is 14.6. The first-order valence-electron chi connectivity index (χ1n) is 7.00. The van der Waals surface area contributed by atoms with Gasteiger partial charge in [-0.15, -0.1) is 11.8 Å². The number of carbonyl (C=O) groups excluding carboxylic acids is 2. The van der Waals surface area contributed by atoms with Crippen molar-refractivity contribution < 1.29 is 9.59 Å². The Kier molecular flexibility index (Phi) is 4.50. The number of rotatable bonds is 5. The zero-order valence-corrected chi connectivity index (χ0v) is 13.4. The zero-order chi connectivity index (χ0) is 15.5. The van der Waals surface area contributed by atoms with Crippen LogP contribution in [0.2, 0.25) is 5.02 Å². The average molecular weight is 332 g/mol. The van der Waals surface area contributed by atoms with E-state index in [1.165, 1.54) is 4.90 Å². The summed E-state index contributed by atoms with van der Waals surface area (Å²) >= 11 is 7.61. The number of imide groups is 1. The van der Waals surface area contributed by atoms with Gasteiger partial charge in [0, 0.05) is 16.5 Å². The fraction of sp³-hybridized carbons (Fsp3) is 0.176. The fourth-order valence-corrected chi connectivity index (χ4v) is 3.56. The van der Waals surface area contributed by atoms with Gasteiger partial charge in [-0.2, -0.15) is 0 Å². The first-order valence-corrected chi connectivity index (χ1v) is 8.37. The lowest BCUT2D eigenvalue weighted by Crippen LogP contribution is -2.30. The van der Waals surface area contributed by atoms with Crippen LogP contribution in [0, 0.1) is 0 Å². The van der Waals surface area contributed by atoms with E-state index in [4.69, 9.17) is 11.6 Å². The zero-order valence-electron chi connectivity index (χ0n) is 11.8. The maximum atomic E-state index is 12.2. The largest absolute Gasteiger partial charge is 0.274 e. The molecule has 3 rings (SSSR count). The lowest BCUT2D eigenvalue weighted by atomic mass is 10.1. The Morgan fingerprint density at radius 2 is 1.64 bits per heavy atom. The van der Waals surface area contributed by atoms with E-state index < -0.39 is 0 Å². The molecule has 2 amide bonds. The highest BCUT2D eigenvalue weighted by molar-refractivity contribution is 7.99. The summed E-state index contributed by atoms with van der Waals surface area (Å²) < 4.78 is 0.